The Hall–Kier alpha value is -2.89. The van der Waals surface area contributed by atoms with Crippen LogP contribution < -0.4 is 0 Å². The molecule has 0 aromatic rings. The molecule has 6 heteroatoms. The molecule has 0 radical (unpaired) electrons. The van der Waals surface area contributed by atoms with Crippen LogP contribution >= 0.6 is 0 Å². The molecule has 0 amide bonds. The van der Waals surface area contributed by atoms with Gasteiger partial charge in [0, 0.05) is 19.3 Å². The fourth-order valence-corrected chi connectivity index (χ4v) is 9.62. The number of hydrogen-bond donors (Lipinski definition) is 0. The lowest BCUT2D eigenvalue weighted by atomic mass is 10.0. The van der Waals surface area contributed by atoms with Gasteiger partial charge in [-0.3, -0.25) is 14.4 Å². The van der Waals surface area contributed by atoms with Gasteiger partial charge < -0.3 is 14.2 Å². The molecule has 0 bridgehead atoms. The van der Waals surface area contributed by atoms with Gasteiger partial charge in [0.15, 0.2) is 6.10 Å². The van der Waals surface area contributed by atoms with Gasteiger partial charge in [0.1, 0.15) is 13.2 Å². The summed E-state index contributed by atoms with van der Waals surface area (Å²) in [6.45, 7) is 6.51. The smallest absolute Gasteiger partial charge is 0.306 e. The fraction of sp³-hybridized carbons (Fsp3) is 0.812. The molecule has 0 aliphatic heterocycles. The first kappa shape index (κ1) is 72.1. The summed E-state index contributed by atoms with van der Waals surface area (Å²) in [6, 6.07) is 0. The molecule has 0 saturated carbocycles. The zero-order chi connectivity index (χ0) is 54.3. The standard InChI is InChI=1S/C69H124O6/c1-4-7-10-13-16-19-22-24-26-28-30-32-34-35-36-38-39-41-43-45-47-50-53-56-59-62-68(71)74-65-66(64-73-67(70)61-58-55-52-49-21-18-15-12-9-6-3)75-69(72)63-60-57-54-51-48-46-44-42-40-37-33-31-29-27-25-23-20-17-14-11-8-5-2/h7,10,12,15-16,19,24,26,30,32,66H,4-6,8-9,11,13-14,17-18,20-23,25,27-29,31,33-65H2,1-3H3/b10-7-,15-12-,19-16-,26-24-,32-30-. The van der Waals surface area contributed by atoms with E-state index in [1.807, 2.05) is 0 Å². The summed E-state index contributed by atoms with van der Waals surface area (Å²) in [6.07, 6.45) is 81.0. The highest BCUT2D eigenvalue weighted by Crippen LogP contribution is 2.18. The number of esters is 3. The van der Waals surface area contributed by atoms with Gasteiger partial charge in [-0.1, -0.05) is 306 Å². The monoisotopic (exact) mass is 1050 g/mol. The van der Waals surface area contributed by atoms with Crippen molar-refractivity contribution in [2.24, 2.45) is 0 Å². The summed E-state index contributed by atoms with van der Waals surface area (Å²) in [5, 5.41) is 0. The largest absolute Gasteiger partial charge is 0.462 e. The lowest BCUT2D eigenvalue weighted by Gasteiger charge is -2.18. The number of carbonyl (C=O) groups is 3. The van der Waals surface area contributed by atoms with Gasteiger partial charge >= 0.3 is 17.9 Å². The van der Waals surface area contributed by atoms with Gasteiger partial charge in [0.05, 0.1) is 0 Å². The van der Waals surface area contributed by atoms with Crippen LogP contribution in [0.4, 0.5) is 0 Å². The average Bonchev–Trinajstić information content (AvgIpc) is 3.41. The van der Waals surface area contributed by atoms with E-state index in [4.69, 9.17) is 14.2 Å². The predicted octanol–water partition coefficient (Wildman–Crippen LogP) is 22.3. The van der Waals surface area contributed by atoms with E-state index in [-0.39, 0.29) is 31.1 Å². The number of unbranched alkanes of at least 4 members (excludes halogenated alkanes) is 39. The molecular formula is C69H124O6. The fourth-order valence-electron chi connectivity index (χ4n) is 9.62. The lowest BCUT2D eigenvalue weighted by Crippen LogP contribution is -2.30. The van der Waals surface area contributed by atoms with E-state index >= 15 is 0 Å². The van der Waals surface area contributed by atoms with E-state index in [9.17, 15) is 14.4 Å². The lowest BCUT2D eigenvalue weighted by molar-refractivity contribution is -0.167. The first-order valence-corrected chi connectivity index (χ1v) is 32.8. The zero-order valence-electron chi connectivity index (χ0n) is 50.1. The second-order valence-electron chi connectivity index (χ2n) is 22.0. The summed E-state index contributed by atoms with van der Waals surface area (Å²) in [5.41, 5.74) is 0. The minimum absolute atomic E-state index is 0.0742. The Kier molecular flexibility index (Phi) is 61.2. The Balaban J connectivity index is 4.19. The van der Waals surface area contributed by atoms with Crippen molar-refractivity contribution >= 4 is 17.9 Å². The number of carbonyl (C=O) groups excluding carboxylic acids is 3. The predicted molar refractivity (Wildman–Crippen MR) is 325 cm³/mol. The SMILES string of the molecule is CC/C=C\C/C=C\C/C=C\C/C=C\CCCCCCCCCCCCCCC(=O)OCC(COC(=O)CCCCCCC/C=C\CCC)OC(=O)CCCCCCCCCCCCCCCCCCCCCCCC. The van der Waals surface area contributed by atoms with Crippen LogP contribution in [0.5, 0.6) is 0 Å². The third-order valence-electron chi connectivity index (χ3n) is 14.5. The van der Waals surface area contributed by atoms with Gasteiger partial charge in [-0.25, -0.2) is 0 Å². The van der Waals surface area contributed by atoms with Crippen LogP contribution in [0.2, 0.25) is 0 Å². The maximum atomic E-state index is 12.9. The maximum Gasteiger partial charge on any atom is 0.306 e. The summed E-state index contributed by atoms with van der Waals surface area (Å²) in [7, 11) is 0. The molecule has 0 aliphatic rings. The Labute approximate surface area is 466 Å². The summed E-state index contributed by atoms with van der Waals surface area (Å²) in [5.74, 6) is -0.867. The molecule has 0 N–H and O–H groups in total. The van der Waals surface area contributed by atoms with Crippen molar-refractivity contribution in [3.8, 4) is 0 Å². The average molecular weight is 1050 g/mol. The van der Waals surface area contributed by atoms with Gasteiger partial charge in [-0.05, 0) is 77.0 Å². The normalized spacial score (nSPS) is 12.4. The van der Waals surface area contributed by atoms with E-state index < -0.39 is 6.10 Å². The van der Waals surface area contributed by atoms with Crippen LogP contribution in [0.1, 0.15) is 342 Å². The van der Waals surface area contributed by atoms with Crippen LogP contribution in [-0.4, -0.2) is 37.2 Å². The molecule has 1 unspecified atom stereocenters. The van der Waals surface area contributed by atoms with Gasteiger partial charge in [0.2, 0.25) is 0 Å². The molecule has 0 spiro atoms. The van der Waals surface area contributed by atoms with Gasteiger partial charge in [-0.15, -0.1) is 0 Å². The topological polar surface area (TPSA) is 78.9 Å². The third-order valence-corrected chi connectivity index (χ3v) is 14.5. The van der Waals surface area contributed by atoms with Crippen LogP contribution in [0.3, 0.4) is 0 Å². The van der Waals surface area contributed by atoms with Crippen molar-refractivity contribution in [1.29, 1.82) is 0 Å². The number of rotatable bonds is 60. The Bertz CT molecular complexity index is 1340. The van der Waals surface area contributed by atoms with Crippen molar-refractivity contribution in [2.75, 3.05) is 13.2 Å². The molecule has 0 fully saturated rings. The number of ether oxygens (including phenoxy) is 3. The second-order valence-corrected chi connectivity index (χ2v) is 22.0. The van der Waals surface area contributed by atoms with Crippen LogP contribution in [0.25, 0.3) is 0 Å². The van der Waals surface area contributed by atoms with Gasteiger partial charge in [0.25, 0.3) is 0 Å². The zero-order valence-corrected chi connectivity index (χ0v) is 50.1. The molecule has 0 aromatic carbocycles. The van der Waals surface area contributed by atoms with E-state index in [0.717, 1.165) is 96.3 Å². The molecule has 6 nitrogen and oxygen atoms in total. The molecule has 1 atom stereocenters. The Morgan fingerprint density at radius 1 is 0.280 bits per heavy atom. The van der Waals surface area contributed by atoms with Crippen LogP contribution in [0, 0.1) is 0 Å². The van der Waals surface area contributed by atoms with Crippen LogP contribution in [-0.2, 0) is 28.6 Å². The molecule has 75 heavy (non-hydrogen) atoms. The molecule has 0 saturated heterocycles. The summed E-state index contributed by atoms with van der Waals surface area (Å²) >= 11 is 0. The number of allylic oxidation sites excluding steroid dienone is 10. The quantitative estimate of drug-likeness (QED) is 0.0261. The number of hydrogen-bond acceptors (Lipinski definition) is 6. The molecule has 0 rings (SSSR count). The third kappa shape index (κ3) is 61.8. The highest BCUT2D eigenvalue weighted by Gasteiger charge is 2.19. The maximum absolute atomic E-state index is 12.9. The second kappa shape index (κ2) is 63.6. The minimum Gasteiger partial charge on any atom is -0.462 e. The summed E-state index contributed by atoms with van der Waals surface area (Å²) in [4.78, 5) is 38.2. The molecular weight excluding hydrogens is 925 g/mol. The van der Waals surface area contributed by atoms with E-state index in [1.165, 1.54) is 205 Å². The molecule has 436 valence electrons. The minimum atomic E-state index is -0.776. The Morgan fingerprint density at radius 2 is 0.547 bits per heavy atom. The first-order valence-electron chi connectivity index (χ1n) is 32.8. The molecule has 0 aromatic heterocycles. The molecule has 0 aliphatic carbocycles. The first-order chi connectivity index (χ1) is 37.0. The van der Waals surface area contributed by atoms with E-state index in [1.54, 1.807) is 0 Å². The van der Waals surface area contributed by atoms with Crippen molar-refractivity contribution in [2.45, 2.75) is 348 Å². The van der Waals surface area contributed by atoms with E-state index in [2.05, 4.69) is 81.5 Å². The Morgan fingerprint density at radius 3 is 0.880 bits per heavy atom. The van der Waals surface area contributed by atoms with Crippen molar-refractivity contribution in [3.63, 3.8) is 0 Å². The van der Waals surface area contributed by atoms with Crippen molar-refractivity contribution in [1.82, 2.24) is 0 Å². The van der Waals surface area contributed by atoms with E-state index in [0.29, 0.717) is 19.3 Å². The highest BCUT2D eigenvalue weighted by molar-refractivity contribution is 5.71. The van der Waals surface area contributed by atoms with Crippen molar-refractivity contribution < 1.29 is 28.6 Å². The van der Waals surface area contributed by atoms with Crippen molar-refractivity contribution in [3.05, 3.63) is 60.8 Å². The highest BCUT2D eigenvalue weighted by atomic mass is 16.6. The van der Waals surface area contributed by atoms with Gasteiger partial charge in [-0.2, -0.15) is 0 Å². The molecule has 0 heterocycles. The summed E-state index contributed by atoms with van der Waals surface area (Å²) < 4.78 is 16.9. The van der Waals surface area contributed by atoms with Crippen LogP contribution in [0.15, 0.2) is 60.8 Å².